The highest BCUT2D eigenvalue weighted by Crippen LogP contribution is 2.16. The van der Waals surface area contributed by atoms with E-state index in [1.807, 2.05) is 0 Å². The van der Waals surface area contributed by atoms with Crippen LogP contribution < -0.4 is 0 Å². The molecule has 0 saturated carbocycles. The van der Waals surface area contributed by atoms with E-state index in [0.29, 0.717) is 0 Å². The number of aromatic nitrogens is 1. The lowest BCUT2D eigenvalue weighted by Gasteiger charge is -2.17. The quantitative estimate of drug-likeness (QED) is 0.838. The van der Waals surface area contributed by atoms with Crippen LogP contribution in [0.4, 0.5) is 0 Å². The molecule has 0 spiro atoms. The van der Waals surface area contributed by atoms with Gasteiger partial charge < -0.3 is 0 Å². The Morgan fingerprint density at radius 1 is 1.19 bits per heavy atom. The summed E-state index contributed by atoms with van der Waals surface area (Å²) in [7, 11) is -3.07. The average Bonchev–Trinajstić information content (AvgIpc) is 2.48. The van der Waals surface area contributed by atoms with Crippen molar-refractivity contribution in [3.05, 3.63) is 54.4 Å². The number of benzene rings is 1. The van der Waals surface area contributed by atoms with Gasteiger partial charge in [0.25, 0.3) is 0 Å². The summed E-state index contributed by atoms with van der Waals surface area (Å²) in [6, 6.07) is 10.2. The first kappa shape index (κ1) is 15.8. The second-order valence-corrected chi connectivity index (χ2v) is 7.97. The van der Waals surface area contributed by atoms with Gasteiger partial charge in [-0.2, -0.15) is 4.31 Å². The van der Waals surface area contributed by atoms with Gasteiger partial charge in [-0.25, -0.2) is 8.42 Å². The fraction of sp³-hybridized carbons (Fsp3) is 0.214. The Hall–Kier alpha value is -1.57. The third-order valence-electron chi connectivity index (χ3n) is 3.00. The summed E-state index contributed by atoms with van der Waals surface area (Å²) in [4.78, 5) is 4.72. The maximum Gasteiger partial charge on any atom is 0.244 e. The normalized spacial score (nSPS) is 13.3. The van der Waals surface area contributed by atoms with Crippen LogP contribution in [0, 0.1) is 0 Å². The third-order valence-corrected chi connectivity index (χ3v) is 5.73. The lowest BCUT2D eigenvalue weighted by atomic mass is 10.2. The van der Waals surface area contributed by atoms with Crippen molar-refractivity contribution >= 4 is 20.8 Å². The first-order chi connectivity index (χ1) is 9.91. The van der Waals surface area contributed by atoms with Gasteiger partial charge in [-0.15, -0.1) is 0 Å². The van der Waals surface area contributed by atoms with Gasteiger partial charge >= 0.3 is 0 Å². The fourth-order valence-electron chi connectivity index (χ4n) is 1.81. The number of rotatable bonds is 5. The smallest absolute Gasteiger partial charge is 0.244 e. The van der Waals surface area contributed by atoms with Gasteiger partial charge in [0.1, 0.15) is 4.90 Å². The Morgan fingerprint density at radius 3 is 2.38 bits per heavy atom. The maximum absolute atomic E-state index is 12.3. The van der Waals surface area contributed by atoms with E-state index in [1.54, 1.807) is 36.6 Å². The van der Waals surface area contributed by atoms with Crippen molar-refractivity contribution in [1.29, 1.82) is 0 Å². The molecular weight excluding hydrogens is 308 g/mol. The number of sulfonamides is 1. The van der Waals surface area contributed by atoms with Crippen LogP contribution >= 0.6 is 0 Å². The predicted octanol–water partition coefficient (Wildman–Crippen LogP) is 1.64. The van der Waals surface area contributed by atoms with Crippen LogP contribution in [-0.2, 0) is 27.4 Å². The molecule has 5 nitrogen and oxygen atoms in total. The Kier molecular flexibility index (Phi) is 4.87. The van der Waals surface area contributed by atoms with Crippen molar-refractivity contribution in [3.8, 4) is 0 Å². The molecule has 0 unspecified atom stereocenters. The molecule has 7 heteroatoms. The highest BCUT2D eigenvalue weighted by Gasteiger charge is 2.20. The predicted molar refractivity (Wildman–Crippen MR) is 81.7 cm³/mol. The van der Waals surface area contributed by atoms with E-state index < -0.39 is 20.8 Å². The Bertz CT molecular complexity index is 729. The van der Waals surface area contributed by atoms with E-state index in [1.165, 1.54) is 29.8 Å². The second kappa shape index (κ2) is 6.46. The molecule has 0 fully saturated rings. The third kappa shape index (κ3) is 3.75. The molecular formula is C14H16N2O3S2. The molecule has 0 saturated heterocycles. The van der Waals surface area contributed by atoms with E-state index >= 15 is 0 Å². The van der Waals surface area contributed by atoms with Gasteiger partial charge in [-0.3, -0.25) is 9.19 Å². The van der Waals surface area contributed by atoms with Gasteiger partial charge in [0.2, 0.25) is 10.0 Å². The van der Waals surface area contributed by atoms with Crippen LogP contribution in [-0.4, -0.2) is 35.2 Å². The maximum atomic E-state index is 12.3. The van der Waals surface area contributed by atoms with Crippen LogP contribution in [0.5, 0.6) is 0 Å². The van der Waals surface area contributed by atoms with Crippen LogP contribution in [0.2, 0.25) is 0 Å². The van der Waals surface area contributed by atoms with Crippen LogP contribution in [0.25, 0.3) is 0 Å². The molecule has 112 valence electrons. The van der Waals surface area contributed by atoms with E-state index in [4.69, 9.17) is 0 Å². The van der Waals surface area contributed by atoms with Crippen molar-refractivity contribution in [2.75, 3.05) is 13.3 Å². The van der Waals surface area contributed by atoms with Crippen LogP contribution in [0.15, 0.2) is 58.6 Å². The molecule has 0 N–H and O–H groups in total. The number of hydrogen-bond acceptors (Lipinski definition) is 4. The highest BCUT2D eigenvalue weighted by molar-refractivity contribution is 7.89. The van der Waals surface area contributed by atoms with Gasteiger partial charge in [-0.05, 0) is 29.8 Å². The Labute approximate surface area is 127 Å². The lowest BCUT2D eigenvalue weighted by molar-refractivity contribution is 0.466. The van der Waals surface area contributed by atoms with Crippen molar-refractivity contribution in [2.24, 2.45) is 0 Å². The van der Waals surface area contributed by atoms with E-state index in [2.05, 4.69) is 4.98 Å². The molecule has 21 heavy (non-hydrogen) atoms. The monoisotopic (exact) mass is 324 g/mol. The standard InChI is InChI=1S/C14H16N2O3S2/c1-16(21(18,19)14-4-3-9-15-10-14)11-12-5-7-13(8-6-12)20(2)17/h3-10H,11H2,1-2H3/t20-/m0/s1. The van der Waals surface area contributed by atoms with Gasteiger partial charge in [0.05, 0.1) is 0 Å². The molecule has 0 aliphatic rings. The largest absolute Gasteiger partial charge is 0.263 e. The van der Waals surface area contributed by atoms with Crippen LogP contribution in [0.3, 0.4) is 0 Å². The summed E-state index contributed by atoms with van der Waals surface area (Å²) < 4.78 is 37.3. The summed E-state index contributed by atoms with van der Waals surface area (Å²) >= 11 is 0. The number of pyridine rings is 1. The molecule has 0 radical (unpaired) electrons. The topological polar surface area (TPSA) is 67.3 Å². The van der Waals surface area contributed by atoms with Crippen molar-refractivity contribution in [1.82, 2.24) is 9.29 Å². The van der Waals surface area contributed by atoms with Crippen molar-refractivity contribution in [2.45, 2.75) is 16.3 Å². The first-order valence-corrected chi connectivity index (χ1v) is 9.20. The Morgan fingerprint density at radius 2 is 1.86 bits per heavy atom. The first-order valence-electron chi connectivity index (χ1n) is 6.20. The molecule has 2 rings (SSSR count). The minimum Gasteiger partial charge on any atom is -0.263 e. The van der Waals surface area contributed by atoms with Gasteiger partial charge in [0, 0.05) is 47.9 Å². The molecule has 0 aliphatic heterocycles. The van der Waals surface area contributed by atoms with Crippen LogP contribution in [0.1, 0.15) is 5.56 Å². The van der Waals surface area contributed by atoms with Gasteiger partial charge in [-0.1, -0.05) is 12.1 Å². The van der Waals surface area contributed by atoms with Gasteiger partial charge in [0.15, 0.2) is 0 Å². The molecule has 1 aromatic carbocycles. The molecule has 0 aliphatic carbocycles. The lowest BCUT2D eigenvalue weighted by Crippen LogP contribution is -2.26. The fourth-order valence-corrected chi connectivity index (χ4v) is 3.45. The zero-order valence-corrected chi connectivity index (χ0v) is 13.4. The molecule has 1 atom stereocenters. The summed E-state index contributed by atoms with van der Waals surface area (Å²) in [5, 5.41) is 0. The minimum atomic E-state index is -3.55. The van der Waals surface area contributed by atoms with Crippen molar-refractivity contribution < 1.29 is 12.6 Å². The van der Waals surface area contributed by atoms with E-state index in [9.17, 15) is 12.6 Å². The zero-order valence-electron chi connectivity index (χ0n) is 11.8. The van der Waals surface area contributed by atoms with E-state index in [-0.39, 0.29) is 11.4 Å². The average molecular weight is 324 g/mol. The molecule has 0 bridgehead atoms. The summed E-state index contributed by atoms with van der Waals surface area (Å²) in [5.41, 5.74) is 0.833. The molecule has 2 aromatic rings. The number of hydrogen-bond donors (Lipinski definition) is 0. The second-order valence-electron chi connectivity index (χ2n) is 4.55. The number of nitrogens with zero attached hydrogens (tertiary/aromatic N) is 2. The Balaban J connectivity index is 2.18. The molecule has 0 amide bonds. The minimum absolute atomic E-state index is 0.166. The van der Waals surface area contributed by atoms with E-state index in [0.717, 1.165) is 10.5 Å². The zero-order chi connectivity index (χ0) is 15.5. The summed E-state index contributed by atoms with van der Waals surface area (Å²) in [6.45, 7) is 0.244. The summed E-state index contributed by atoms with van der Waals surface area (Å²) in [6.07, 6.45) is 4.46. The molecule has 1 heterocycles. The highest BCUT2D eigenvalue weighted by atomic mass is 32.2. The van der Waals surface area contributed by atoms with Crippen molar-refractivity contribution in [3.63, 3.8) is 0 Å². The SMILES string of the molecule is CN(Cc1ccc([S@](C)=O)cc1)S(=O)(=O)c1cccnc1. The molecule has 1 aromatic heterocycles. The summed E-state index contributed by atoms with van der Waals surface area (Å²) in [5.74, 6) is 0.